The third kappa shape index (κ3) is 1.36. The Balaban J connectivity index is 2.14. The molecule has 0 N–H and O–H groups in total. The highest BCUT2D eigenvalue weighted by Crippen LogP contribution is 2.59. The summed E-state index contributed by atoms with van der Waals surface area (Å²) in [5.74, 6) is -0.0393. The second-order valence-electron chi connectivity index (χ2n) is 6.87. The van der Waals surface area contributed by atoms with Gasteiger partial charge in [-0.25, -0.2) is 4.79 Å². The third-order valence-electron chi connectivity index (χ3n) is 5.44. The molecule has 0 aromatic heterocycles. The second kappa shape index (κ2) is 3.46. The van der Waals surface area contributed by atoms with Crippen molar-refractivity contribution in [2.75, 3.05) is 6.61 Å². The maximum absolute atomic E-state index is 12.2. The number of carbonyl (C=O) groups is 2. The van der Waals surface area contributed by atoms with Gasteiger partial charge in [0.15, 0.2) is 5.78 Å². The molecule has 2 aliphatic carbocycles. The van der Waals surface area contributed by atoms with Crippen LogP contribution in [0.5, 0.6) is 0 Å². The highest BCUT2D eigenvalue weighted by molar-refractivity contribution is 6.20. The fraction of sp³-hybridized carbons (Fsp3) is 0.733. The molecule has 1 aliphatic heterocycles. The molecular weight excluding hydrogens is 228 g/mol. The minimum absolute atomic E-state index is 0.00458. The number of hydrogen-bond donors (Lipinski definition) is 0. The number of rotatable bonds is 0. The van der Waals surface area contributed by atoms with Crippen LogP contribution in [-0.2, 0) is 14.3 Å². The van der Waals surface area contributed by atoms with Crippen LogP contribution in [0.1, 0.15) is 46.5 Å². The molecule has 1 heterocycles. The van der Waals surface area contributed by atoms with E-state index in [1.165, 1.54) is 6.42 Å². The van der Waals surface area contributed by atoms with Gasteiger partial charge >= 0.3 is 5.97 Å². The van der Waals surface area contributed by atoms with Gasteiger partial charge in [-0.2, -0.15) is 0 Å². The van der Waals surface area contributed by atoms with Crippen molar-refractivity contribution < 1.29 is 14.3 Å². The van der Waals surface area contributed by atoms with Crippen LogP contribution in [0.3, 0.4) is 0 Å². The minimum atomic E-state index is -0.391. The van der Waals surface area contributed by atoms with E-state index in [0.717, 1.165) is 18.4 Å². The van der Waals surface area contributed by atoms with Crippen LogP contribution in [0.15, 0.2) is 11.1 Å². The summed E-state index contributed by atoms with van der Waals surface area (Å²) in [5.41, 5.74) is 1.53. The lowest BCUT2D eigenvalue weighted by molar-refractivity contribution is -0.137. The normalized spacial score (nSPS) is 38.3. The average molecular weight is 248 g/mol. The number of cyclic esters (lactones) is 1. The lowest BCUT2D eigenvalue weighted by Crippen LogP contribution is -2.47. The van der Waals surface area contributed by atoms with E-state index in [1.807, 2.05) is 0 Å². The van der Waals surface area contributed by atoms with Crippen molar-refractivity contribution in [3.63, 3.8) is 0 Å². The summed E-state index contributed by atoms with van der Waals surface area (Å²) in [5, 5.41) is 0. The van der Waals surface area contributed by atoms with Crippen molar-refractivity contribution in [2.45, 2.75) is 46.5 Å². The van der Waals surface area contributed by atoms with E-state index in [2.05, 4.69) is 20.8 Å². The molecule has 18 heavy (non-hydrogen) atoms. The van der Waals surface area contributed by atoms with E-state index in [9.17, 15) is 9.59 Å². The van der Waals surface area contributed by atoms with E-state index >= 15 is 0 Å². The maximum atomic E-state index is 12.2. The van der Waals surface area contributed by atoms with Gasteiger partial charge in [-0.3, -0.25) is 4.79 Å². The number of fused-ring (bicyclic) bond motifs is 2. The molecule has 3 rings (SSSR count). The van der Waals surface area contributed by atoms with Crippen LogP contribution in [0.4, 0.5) is 0 Å². The van der Waals surface area contributed by atoms with Crippen molar-refractivity contribution in [1.29, 1.82) is 0 Å². The first-order valence-corrected chi connectivity index (χ1v) is 6.80. The van der Waals surface area contributed by atoms with Gasteiger partial charge in [0.2, 0.25) is 0 Å². The molecule has 0 unspecified atom stereocenters. The van der Waals surface area contributed by atoms with Gasteiger partial charge in [-0.1, -0.05) is 27.2 Å². The number of carbonyl (C=O) groups excluding carboxylic acids is 2. The largest absolute Gasteiger partial charge is 0.457 e. The SMILES string of the molecule is CC1(C)CCC[C@]2(C)C3=C(C(=O)C[C@@H]12)C(=O)OC3. The third-order valence-corrected chi connectivity index (χ3v) is 5.44. The predicted octanol–water partition coefficient (Wildman–Crippen LogP) is 2.65. The number of Topliss-reactive ketones (excluding diaryl/α,β-unsaturated/α-hetero) is 1. The van der Waals surface area contributed by atoms with Crippen LogP contribution < -0.4 is 0 Å². The summed E-state index contributed by atoms with van der Waals surface area (Å²) in [6, 6.07) is 0. The molecular formula is C15H20O3. The maximum Gasteiger partial charge on any atom is 0.342 e. The highest BCUT2D eigenvalue weighted by atomic mass is 16.5. The molecule has 0 bridgehead atoms. The molecule has 0 aromatic rings. The predicted molar refractivity (Wildman–Crippen MR) is 66.8 cm³/mol. The summed E-state index contributed by atoms with van der Waals surface area (Å²) in [7, 11) is 0. The summed E-state index contributed by atoms with van der Waals surface area (Å²) in [4.78, 5) is 23.9. The quantitative estimate of drug-likeness (QED) is 0.489. The molecule has 0 radical (unpaired) electrons. The molecule has 98 valence electrons. The summed E-state index contributed by atoms with van der Waals surface area (Å²) in [6.45, 7) is 7.07. The highest BCUT2D eigenvalue weighted by Gasteiger charge is 2.55. The molecule has 3 heteroatoms. The van der Waals surface area contributed by atoms with Crippen molar-refractivity contribution >= 4 is 11.8 Å². The van der Waals surface area contributed by atoms with E-state index in [-0.39, 0.29) is 16.6 Å². The van der Waals surface area contributed by atoms with Gasteiger partial charge < -0.3 is 4.74 Å². The van der Waals surface area contributed by atoms with Gasteiger partial charge in [0.1, 0.15) is 12.2 Å². The summed E-state index contributed by atoms with van der Waals surface area (Å²) < 4.78 is 5.12. The topological polar surface area (TPSA) is 43.4 Å². The van der Waals surface area contributed by atoms with Gasteiger partial charge in [0.05, 0.1) is 0 Å². The van der Waals surface area contributed by atoms with Crippen LogP contribution in [-0.4, -0.2) is 18.4 Å². The number of ketones is 1. The number of esters is 1. The Bertz CT molecular complexity index is 472. The van der Waals surface area contributed by atoms with Crippen LogP contribution in [0.25, 0.3) is 0 Å². The Morgan fingerprint density at radius 1 is 1.17 bits per heavy atom. The number of ether oxygens (including phenoxy) is 1. The van der Waals surface area contributed by atoms with Gasteiger partial charge in [-0.15, -0.1) is 0 Å². The monoisotopic (exact) mass is 248 g/mol. The molecule has 3 aliphatic rings. The van der Waals surface area contributed by atoms with Crippen molar-refractivity contribution in [1.82, 2.24) is 0 Å². The first kappa shape index (κ1) is 11.9. The number of hydrogen-bond acceptors (Lipinski definition) is 3. The first-order valence-electron chi connectivity index (χ1n) is 6.80. The fourth-order valence-corrected chi connectivity index (χ4v) is 4.41. The van der Waals surface area contributed by atoms with Crippen molar-refractivity contribution in [3.05, 3.63) is 11.1 Å². The zero-order valence-corrected chi connectivity index (χ0v) is 11.3. The van der Waals surface area contributed by atoms with Crippen molar-refractivity contribution in [3.8, 4) is 0 Å². The Kier molecular flexibility index (Phi) is 2.30. The zero-order chi connectivity index (χ0) is 13.1. The van der Waals surface area contributed by atoms with Crippen LogP contribution in [0.2, 0.25) is 0 Å². The van der Waals surface area contributed by atoms with Crippen molar-refractivity contribution in [2.24, 2.45) is 16.7 Å². The molecule has 3 nitrogen and oxygen atoms in total. The second-order valence-corrected chi connectivity index (χ2v) is 6.87. The van der Waals surface area contributed by atoms with Crippen LogP contribution >= 0.6 is 0 Å². The molecule has 0 aromatic carbocycles. The van der Waals surface area contributed by atoms with E-state index in [0.29, 0.717) is 24.5 Å². The molecule has 0 amide bonds. The summed E-state index contributed by atoms with van der Waals surface area (Å²) >= 11 is 0. The Hall–Kier alpha value is -1.12. The first-order chi connectivity index (χ1) is 8.36. The fourth-order valence-electron chi connectivity index (χ4n) is 4.41. The molecule has 0 spiro atoms. The van der Waals surface area contributed by atoms with Gasteiger partial charge in [0, 0.05) is 6.42 Å². The lowest BCUT2D eigenvalue weighted by Gasteiger charge is -2.53. The Morgan fingerprint density at radius 2 is 1.89 bits per heavy atom. The Labute approximate surface area is 108 Å². The minimum Gasteiger partial charge on any atom is -0.457 e. The zero-order valence-electron chi connectivity index (χ0n) is 11.3. The van der Waals surface area contributed by atoms with E-state index in [4.69, 9.17) is 4.74 Å². The van der Waals surface area contributed by atoms with Gasteiger partial charge in [-0.05, 0) is 35.2 Å². The van der Waals surface area contributed by atoms with Gasteiger partial charge in [0.25, 0.3) is 0 Å². The standard InChI is InChI=1S/C15H20O3/c1-14(2)5-4-6-15(3)9-8-18-13(17)12(9)10(16)7-11(14)15/h11H,4-8H2,1-3H3/t11-,15+/m0/s1. The van der Waals surface area contributed by atoms with E-state index < -0.39 is 5.97 Å². The molecule has 2 atom stereocenters. The van der Waals surface area contributed by atoms with Crippen LogP contribution in [0, 0.1) is 16.7 Å². The molecule has 0 saturated heterocycles. The summed E-state index contributed by atoms with van der Waals surface area (Å²) in [6.07, 6.45) is 3.92. The average Bonchev–Trinajstić information content (AvgIpc) is 2.66. The Morgan fingerprint density at radius 3 is 2.61 bits per heavy atom. The molecule has 1 fully saturated rings. The lowest BCUT2D eigenvalue weighted by atomic mass is 9.50. The smallest absolute Gasteiger partial charge is 0.342 e. The molecule has 1 saturated carbocycles. The van der Waals surface area contributed by atoms with E-state index in [1.54, 1.807) is 0 Å².